The number of nitrogens with zero attached hydrogens (tertiary/aromatic N) is 2. The van der Waals surface area contributed by atoms with Crippen molar-refractivity contribution in [2.45, 2.75) is 26.7 Å². The highest BCUT2D eigenvalue weighted by molar-refractivity contribution is 5.75. The van der Waals surface area contributed by atoms with Gasteiger partial charge in [0.1, 0.15) is 11.6 Å². The van der Waals surface area contributed by atoms with Gasteiger partial charge in [-0.05, 0) is 12.5 Å². The van der Waals surface area contributed by atoms with Gasteiger partial charge < -0.3 is 5.73 Å². The molecule has 3 nitrogen and oxygen atoms in total. The van der Waals surface area contributed by atoms with Crippen LogP contribution < -0.4 is 5.73 Å². The van der Waals surface area contributed by atoms with Crippen LogP contribution in [0.5, 0.6) is 0 Å². The Morgan fingerprint density at radius 3 is 2.24 bits per heavy atom. The summed E-state index contributed by atoms with van der Waals surface area (Å²) in [4.78, 5) is 8.90. The van der Waals surface area contributed by atoms with Gasteiger partial charge in [-0.25, -0.2) is 9.97 Å². The van der Waals surface area contributed by atoms with E-state index in [0.29, 0.717) is 11.7 Å². The molecule has 2 aromatic rings. The zero-order chi connectivity index (χ0) is 12.4. The molecule has 0 radical (unpaired) electrons. The van der Waals surface area contributed by atoms with Crippen molar-refractivity contribution in [2.24, 2.45) is 0 Å². The van der Waals surface area contributed by atoms with Gasteiger partial charge in [-0.3, -0.25) is 0 Å². The van der Waals surface area contributed by atoms with Crippen molar-refractivity contribution in [2.75, 3.05) is 5.73 Å². The molecule has 0 aliphatic carbocycles. The maximum atomic E-state index is 6.04. The number of nitrogen functional groups attached to an aromatic ring is 1. The van der Waals surface area contributed by atoms with Gasteiger partial charge in [0.25, 0.3) is 0 Å². The van der Waals surface area contributed by atoms with Gasteiger partial charge in [0, 0.05) is 11.5 Å². The summed E-state index contributed by atoms with van der Waals surface area (Å²) >= 11 is 0. The van der Waals surface area contributed by atoms with Gasteiger partial charge in [0.2, 0.25) is 0 Å². The minimum Gasteiger partial charge on any atom is -0.383 e. The van der Waals surface area contributed by atoms with Gasteiger partial charge in [0.15, 0.2) is 0 Å². The Kier molecular flexibility index (Phi) is 3.09. The fourth-order valence-electron chi connectivity index (χ4n) is 1.84. The SMILES string of the molecule is Cc1nc(C(C)C)nc(N)c1-c1ccccc1. The minimum absolute atomic E-state index is 0.292. The van der Waals surface area contributed by atoms with Crippen LogP contribution in [0.3, 0.4) is 0 Å². The molecule has 88 valence electrons. The van der Waals surface area contributed by atoms with Gasteiger partial charge >= 0.3 is 0 Å². The van der Waals surface area contributed by atoms with E-state index in [1.165, 1.54) is 0 Å². The molecule has 0 fully saturated rings. The van der Waals surface area contributed by atoms with Crippen molar-refractivity contribution >= 4 is 5.82 Å². The lowest BCUT2D eigenvalue weighted by Crippen LogP contribution is -2.06. The van der Waals surface area contributed by atoms with E-state index in [1.54, 1.807) is 0 Å². The number of nitrogens with two attached hydrogens (primary N) is 1. The van der Waals surface area contributed by atoms with E-state index < -0.39 is 0 Å². The summed E-state index contributed by atoms with van der Waals surface area (Å²) in [5.41, 5.74) is 8.99. The van der Waals surface area contributed by atoms with Crippen molar-refractivity contribution < 1.29 is 0 Å². The van der Waals surface area contributed by atoms with E-state index in [9.17, 15) is 0 Å². The molecule has 0 spiro atoms. The van der Waals surface area contributed by atoms with Crippen LogP contribution in [0.2, 0.25) is 0 Å². The topological polar surface area (TPSA) is 51.8 Å². The first-order chi connectivity index (χ1) is 8.09. The smallest absolute Gasteiger partial charge is 0.135 e. The molecule has 1 aromatic heterocycles. The minimum atomic E-state index is 0.292. The Hall–Kier alpha value is -1.90. The third-order valence-electron chi connectivity index (χ3n) is 2.71. The lowest BCUT2D eigenvalue weighted by molar-refractivity contribution is 0.770. The second kappa shape index (κ2) is 4.53. The van der Waals surface area contributed by atoms with Crippen molar-refractivity contribution in [3.63, 3.8) is 0 Å². The summed E-state index contributed by atoms with van der Waals surface area (Å²) in [6.07, 6.45) is 0. The van der Waals surface area contributed by atoms with Crippen molar-refractivity contribution in [1.82, 2.24) is 9.97 Å². The molecular formula is C14H17N3. The zero-order valence-electron chi connectivity index (χ0n) is 10.4. The molecule has 0 aliphatic heterocycles. The molecular weight excluding hydrogens is 210 g/mol. The van der Waals surface area contributed by atoms with Gasteiger partial charge in [0.05, 0.1) is 5.69 Å². The second-order valence-electron chi connectivity index (χ2n) is 4.45. The Labute approximate surface area is 102 Å². The molecule has 3 heteroatoms. The molecule has 0 saturated carbocycles. The maximum absolute atomic E-state index is 6.04. The van der Waals surface area contributed by atoms with Gasteiger partial charge in [-0.15, -0.1) is 0 Å². The van der Waals surface area contributed by atoms with E-state index in [-0.39, 0.29) is 0 Å². The van der Waals surface area contributed by atoms with Gasteiger partial charge in [-0.2, -0.15) is 0 Å². The fourth-order valence-corrected chi connectivity index (χ4v) is 1.84. The number of aromatic nitrogens is 2. The highest BCUT2D eigenvalue weighted by atomic mass is 15.0. The van der Waals surface area contributed by atoms with E-state index in [0.717, 1.165) is 22.6 Å². The summed E-state index contributed by atoms with van der Waals surface area (Å²) in [6, 6.07) is 10.0. The monoisotopic (exact) mass is 227 g/mol. The molecule has 0 bridgehead atoms. The van der Waals surface area contributed by atoms with E-state index >= 15 is 0 Å². The third-order valence-corrected chi connectivity index (χ3v) is 2.71. The first-order valence-electron chi connectivity index (χ1n) is 5.79. The molecule has 0 aliphatic rings. The predicted molar refractivity (Wildman–Crippen MR) is 70.7 cm³/mol. The standard InChI is InChI=1S/C14H17N3/c1-9(2)14-16-10(3)12(13(15)17-14)11-7-5-4-6-8-11/h4-9H,1-3H3,(H2,15,16,17). The number of aryl methyl sites for hydroxylation is 1. The molecule has 2 N–H and O–H groups in total. The summed E-state index contributed by atoms with van der Waals surface area (Å²) in [5.74, 6) is 1.66. The van der Waals surface area contributed by atoms with E-state index in [1.807, 2.05) is 37.3 Å². The maximum Gasteiger partial charge on any atom is 0.135 e. The Balaban J connectivity index is 2.57. The van der Waals surface area contributed by atoms with Crippen LogP contribution in [-0.4, -0.2) is 9.97 Å². The average molecular weight is 227 g/mol. The van der Waals surface area contributed by atoms with E-state index in [2.05, 4.69) is 23.8 Å². The number of rotatable bonds is 2. The highest BCUT2D eigenvalue weighted by Gasteiger charge is 2.12. The summed E-state index contributed by atoms with van der Waals surface area (Å²) in [5, 5.41) is 0. The normalized spacial score (nSPS) is 10.8. The molecule has 0 saturated heterocycles. The third kappa shape index (κ3) is 2.28. The average Bonchev–Trinajstić information content (AvgIpc) is 2.29. The first-order valence-corrected chi connectivity index (χ1v) is 5.79. The highest BCUT2D eigenvalue weighted by Crippen LogP contribution is 2.28. The van der Waals surface area contributed by atoms with Crippen LogP contribution in [0.4, 0.5) is 5.82 Å². The summed E-state index contributed by atoms with van der Waals surface area (Å²) < 4.78 is 0. The number of hydrogen-bond acceptors (Lipinski definition) is 3. The second-order valence-corrected chi connectivity index (χ2v) is 4.45. The quantitative estimate of drug-likeness (QED) is 0.857. The Morgan fingerprint density at radius 2 is 1.71 bits per heavy atom. The Bertz CT molecular complexity index is 495. The summed E-state index contributed by atoms with van der Waals surface area (Å²) in [7, 11) is 0. The molecule has 1 aromatic carbocycles. The van der Waals surface area contributed by atoms with Gasteiger partial charge in [-0.1, -0.05) is 44.2 Å². The van der Waals surface area contributed by atoms with Crippen LogP contribution in [0.25, 0.3) is 11.1 Å². The number of anilines is 1. The number of hydrogen-bond donors (Lipinski definition) is 1. The zero-order valence-corrected chi connectivity index (χ0v) is 10.4. The number of benzene rings is 1. The molecule has 2 rings (SSSR count). The lowest BCUT2D eigenvalue weighted by Gasteiger charge is -2.12. The first kappa shape index (κ1) is 11.6. The molecule has 0 unspecified atom stereocenters. The predicted octanol–water partition coefficient (Wildman–Crippen LogP) is 3.16. The van der Waals surface area contributed by atoms with Crippen molar-refractivity contribution in [3.05, 3.63) is 41.9 Å². The Morgan fingerprint density at radius 1 is 1.06 bits per heavy atom. The molecule has 1 heterocycles. The largest absolute Gasteiger partial charge is 0.383 e. The fraction of sp³-hybridized carbons (Fsp3) is 0.286. The van der Waals surface area contributed by atoms with Crippen LogP contribution in [0.1, 0.15) is 31.3 Å². The van der Waals surface area contributed by atoms with Crippen LogP contribution in [0, 0.1) is 6.92 Å². The molecule has 17 heavy (non-hydrogen) atoms. The van der Waals surface area contributed by atoms with Crippen molar-refractivity contribution in [3.8, 4) is 11.1 Å². The van der Waals surface area contributed by atoms with E-state index in [4.69, 9.17) is 5.73 Å². The van der Waals surface area contributed by atoms with Crippen LogP contribution in [0.15, 0.2) is 30.3 Å². The summed E-state index contributed by atoms with van der Waals surface area (Å²) in [6.45, 7) is 6.11. The van der Waals surface area contributed by atoms with Crippen LogP contribution in [-0.2, 0) is 0 Å². The van der Waals surface area contributed by atoms with Crippen molar-refractivity contribution in [1.29, 1.82) is 0 Å². The molecule has 0 atom stereocenters. The molecule has 0 amide bonds. The van der Waals surface area contributed by atoms with Crippen LogP contribution >= 0.6 is 0 Å². The lowest BCUT2D eigenvalue weighted by atomic mass is 10.0.